The van der Waals surface area contributed by atoms with Gasteiger partial charge in [-0.1, -0.05) is 152 Å². The Morgan fingerprint density at radius 1 is 0.323 bits per heavy atom. The van der Waals surface area contributed by atoms with E-state index in [0.717, 1.165) is 94.8 Å². The fourth-order valence-electron chi connectivity index (χ4n) is 8.55. The number of aromatic nitrogens is 5. The summed E-state index contributed by atoms with van der Waals surface area (Å²) in [7, 11) is 0. The number of rotatable bonds is 8. The SMILES string of the molecule is N#Cc1cc(C#N)cc(-c2ccc3c4ccccc4n(-c4ccc(-c5nc(-c6ccccc6)cc(-c6ccccc6)n5)cc4-c4nc(-c5ccccc5)cc(-c5ccccc5)n4)c3c2)c1. The van der Waals surface area contributed by atoms with Crippen LogP contribution >= 0.6 is 0 Å². The van der Waals surface area contributed by atoms with E-state index in [1.165, 1.54) is 0 Å². The van der Waals surface area contributed by atoms with Gasteiger partial charge in [-0.15, -0.1) is 0 Å². The van der Waals surface area contributed by atoms with Crippen LogP contribution in [0, 0.1) is 22.7 Å². The normalized spacial score (nSPS) is 11.0. The minimum absolute atomic E-state index is 0.427. The first-order valence-corrected chi connectivity index (χ1v) is 21.2. The van der Waals surface area contributed by atoms with E-state index in [-0.39, 0.29) is 0 Å². The van der Waals surface area contributed by atoms with Crippen LogP contribution in [0.25, 0.3) is 106 Å². The largest absolute Gasteiger partial charge is 0.308 e. The smallest absolute Gasteiger partial charge is 0.162 e. The Hall–Kier alpha value is -9.30. The summed E-state index contributed by atoms with van der Waals surface area (Å²) in [5.41, 5.74) is 14.0. The fourth-order valence-corrected chi connectivity index (χ4v) is 8.55. The summed E-state index contributed by atoms with van der Waals surface area (Å²) in [6.07, 6.45) is 0. The van der Waals surface area contributed by atoms with Gasteiger partial charge in [0.2, 0.25) is 0 Å². The lowest BCUT2D eigenvalue weighted by Gasteiger charge is -2.17. The molecule has 0 aliphatic carbocycles. The minimum Gasteiger partial charge on any atom is -0.308 e. The first-order valence-electron chi connectivity index (χ1n) is 21.2. The van der Waals surface area contributed by atoms with Gasteiger partial charge >= 0.3 is 0 Å². The van der Waals surface area contributed by atoms with E-state index in [0.29, 0.717) is 22.8 Å². The van der Waals surface area contributed by atoms with Crippen LogP contribution in [0.2, 0.25) is 0 Å². The quantitative estimate of drug-likeness (QED) is 0.151. The van der Waals surface area contributed by atoms with Crippen molar-refractivity contribution < 1.29 is 0 Å². The molecule has 0 saturated heterocycles. The van der Waals surface area contributed by atoms with Crippen LogP contribution in [0.15, 0.2) is 212 Å². The molecule has 0 unspecified atom stereocenters. The lowest BCUT2D eigenvalue weighted by molar-refractivity contribution is 1.13. The van der Waals surface area contributed by atoms with Crippen molar-refractivity contribution >= 4 is 21.8 Å². The molecular weight excluding hydrogens is 795 g/mol. The fraction of sp³-hybridized carbons (Fsp3) is 0. The van der Waals surface area contributed by atoms with Gasteiger partial charge in [0.15, 0.2) is 11.6 Å². The zero-order valence-corrected chi connectivity index (χ0v) is 34.8. The predicted octanol–water partition coefficient (Wildman–Crippen LogP) is 13.8. The maximum atomic E-state index is 9.88. The minimum atomic E-state index is 0.427. The molecule has 8 aromatic carbocycles. The molecule has 0 amide bonds. The Labute approximate surface area is 375 Å². The first-order chi connectivity index (χ1) is 32.1. The van der Waals surface area contributed by atoms with Crippen molar-refractivity contribution in [2.24, 2.45) is 0 Å². The average Bonchev–Trinajstić information content (AvgIpc) is 3.72. The molecule has 11 aromatic rings. The van der Waals surface area contributed by atoms with Gasteiger partial charge in [-0.2, -0.15) is 10.5 Å². The molecule has 3 aromatic heterocycles. The Bertz CT molecular complexity index is 3520. The molecule has 3 heterocycles. The van der Waals surface area contributed by atoms with Gasteiger partial charge < -0.3 is 4.57 Å². The van der Waals surface area contributed by atoms with Crippen molar-refractivity contribution in [3.63, 3.8) is 0 Å². The van der Waals surface area contributed by atoms with Crippen molar-refractivity contribution in [1.82, 2.24) is 24.5 Å². The van der Waals surface area contributed by atoms with E-state index in [4.69, 9.17) is 19.9 Å². The van der Waals surface area contributed by atoms with Gasteiger partial charge in [-0.3, -0.25) is 0 Å². The van der Waals surface area contributed by atoms with Crippen molar-refractivity contribution in [3.05, 3.63) is 223 Å². The lowest BCUT2D eigenvalue weighted by atomic mass is 9.99. The maximum absolute atomic E-state index is 9.88. The molecule has 0 fully saturated rings. The Balaban J connectivity index is 1.21. The van der Waals surface area contributed by atoms with Crippen LogP contribution in [0.4, 0.5) is 0 Å². The van der Waals surface area contributed by atoms with Gasteiger partial charge in [-0.25, -0.2) is 19.9 Å². The van der Waals surface area contributed by atoms with Gasteiger partial charge in [0.25, 0.3) is 0 Å². The Kier molecular flexibility index (Phi) is 9.82. The van der Waals surface area contributed by atoms with Crippen molar-refractivity contribution in [3.8, 4) is 96.8 Å². The summed E-state index contributed by atoms with van der Waals surface area (Å²) in [4.78, 5) is 21.2. The lowest BCUT2D eigenvalue weighted by Crippen LogP contribution is -2.03. The van der Waals surface area contributed by atoms with Crippen LogP contribution in [0.5, 0.6) is 0 Å². The highest BCUT2D eigenvalue weighted by atomic mass is 15.0. The molecule has 0 aliphatic rings. The van der Waals surface area contributed by atoms with E-state index in [1.807, 2.05) is 97.1 Å². The highest BCUT2D eigenvalue weighted by Gasteiger charge is 2.22. The molecule has 302 valence electrons. The van der Waals surface area contributed by atoms with Crippen LogP contribution in [-0.4, -0.2) is 24.5 Å². The molecule has 7 nitrogen and oxygen atoms in total. The van der Waals surface area contributed by atoms with Gasteiger partial charge in [-0.05, 0) is 71.8 Å². The third-order valence-electron chi connectivity index (χ3n) is 11.7. The summed E-state index contributed by atoms with van der Waals surface area (Å²) >= 11 is 0. The number of nitriles is 2. The van der Waals surface area contributed by atoms with Crippen molar-refractivity contribution in [2.75, 3.05) is 0 Å². The van der Waals surface area contributed by atoms with E-state index >= 15 is 0 Å². The highest BCUT2D eigenvalue weighted by molar-refractivity contribution is 6.10. The summed E-state index contributed by atoms with van der Waals surface area (Å²) in [5.74, 6) is 1.10. The van der Waals surface area contributed by atoms with Gasteiger partial charge in [0.1, 0.15) is 0 Å². The molecule has 7 heteroatoms. The zero-order valence-electron chi connectivity index (χ0n) is 34.8. The summed E-state index contributed by atoms with van der Waals surface area (Å²) in [5, 5.41) is 21.9. The number of para-hydroxylation sites is 1. The van der Waals surface area contributed by atoms with Gasteiger partial charge in [0, 0.05) is 44.2 Å². The maximum Gasteiger partial charge on any atom is 0.162 e. The van der Waals surface area contributed by atoms with Crippen LogP contribution < -0.4 is 0 Å². The molecule has 0 bridgehead atoms. The standard InChI is InChI=1S/C58H35N7/c59-36-38-29-39(37-60)31-46(30-38)44-25-27-48-47-23-13-14-24-54(47)65(56(48)33-44)55-28-26-45(57-61-50(40-15-5-1-6-16-40)34-51(62-57)41-17-7-2-8-18-41)32-49(55)58-63-52(42-19-9-3-10-20-42)35-53(64-58)43-21-11-4-12-22-43/h1-35H. The van der Waals surface area contributed by atoms with E-state index < -0.39 is 0 Å². The summed E-state index contributed by atoms with van der Waals surface area (Å²) in [6, 6.07) is 75.6. The summed E-state index contributed by atoms with van der Waals surface area (Å²) in [6.45, 7) is 0. The molecule has 11 rings (SSSR count). The molecule has 0 radical (unpaired) electrons. The van der Waals surface area contributed by atoms with Crippen molar-refractivity contribution in [1.29, 1.82) is 10.5 Å². The third-order valence-corrected chi connectivity index (χ3v) is 11.7. The topological polar surface area (TPSA) is 104 Å². The highest BCUT2D eigenvalue weighted by Crippen LogP contribution is 2.40. The van der Waals surface area contributed by atoms with Crippen LogP contribution in [0.1, 0.15) is 11.1 Å². The molecule has 0 N–H and O–H groups in total. The summed E-state index contributed by atoms with van der Waals surface area (Å²) < 4.78 is 2.27. The average molecular weight is 830 g/mol. The Morgan fingerprint density at radius 2 is 0.769 bits per heavy atom. The second kappa shape index (κ2) is 16.5. The second-order valence-electron chi connectivity index (χ2n) is 15.7. The molecule has 65 heavy (non-hydrogen) atoms. The van der Waals surface area contributed by atoms with Crippen molar-refractivity contribution in [2.45, 2.75) is 0 Å². The van der Waals surface area contributed by atoms with E-state index in [1.54, 1.807) is 6.07 Å². The number of nitrogens with zero attached hydrogens (tertiary/aromatic N) is 7. The van der Waals surface area contributed by atoms with E-state index in [9.17, 15) is 10.5 Å². The first kappa shape index (κ1) is 38.6. The number of fused-ring (bicyclic) bond motifs is 3. The molecule has 0 spiro atoms. The molecule has 0 aliphatic heterocycles. The third kappa shape index (κ3) is 7.36. The predicted molar refractivity (Wildman–Crippen MR) is 259 cm³/mol. The monoisotopic (exact) mass is 829 g/mol. The number of benzene rings is 8. The molecular formula is C58H35N7. The molecule has 0 saturated carbocycles. The van der Waals surface area contributed by atoms with Crippen LogP contribution in [0.3, 0.4) is 0 Å². The van der Waals surface area contributed by atoms with E-state index in [2.05, 4.69) is 126 Å². The second-order valence-corrected chi connectivity index (χ2v) is 15.7. The van der Waals surface area contributed by atoms with Gasteiger partial charge in [0.05, 0.1) is 62.8 Å². The number of hydrogen-bond donors (Lipinski definition) is 0. The van der Waals surface area contributed by atoms with Crippen LogP contribution in [-0.2, 0) is 0 Å². The number of hydrogen-bond acceptors (Lipinski definition) is 6. The zero-order chi connectivity index (χ0) is 43.7. The Morgan fingerprint density at radius 3 is 1.28 bits per heavy atom. The molecule has 0 atom stereocenters.